The van der Waals surface area contributed by atoms with Crippen molar-refractivity contribution >= 4 is 17.6 Å². The maximum absolute atomic E-state index is 12.7. The number of aryl methyl sites for hydroxylation is 2. The molecule has 0 spiro atoms. The number of nitrogens with zero attached hydrogens (tertiary/aromatic N) is 2. The molecule has 0 atom stereocenters. The standard InChI is InChI=1S/C23H30N4O2/c1-3-19-7-9-21(10-8-19)25-23(24-11-12-27-13-15-29-16-14-27)26-22(28)20-6-4-5-18(2)17-20/h4-10,17H,3,11-16H2,1-2H3,(H2,24,25,26,28). The number of ether oxygens (including phenoxy) is 1. The Hall–Kier alpha value is -2.70. The Labute approximate surface area is 173 Å². The van der Waals surface area contributed by atoms with Crippen LogP contribution in [0.25, 0.3) is 0 Å². The number of hydrogen-bond donors (Lipinski definition) is 2. The zero-order valence-corrected chi connectivity index (χ0v) is 17.3. The van der Waals surface area contributed by atoms with Crippen LogP contribution >= 0.6 is 0 Å². The molecule has 1 aliphatic rings. The normalized spacial score (nSPS) is 15.2. The second kappa shape index (κ2) is 10.7. The number of amides is 1. The van der Waals surface area contributed by atoms with Gasteiger partial charge in [-0.1, -0.05) is 36.8 Å². The first-order chi connectivity index (χ1) is 14.1. The Kier molecular flexibility index (Phi) is 7.78. The van der Waals surface area contributed by atoms with Gasteiger partial charge in [-0.3, -0.25) is 20.0 Å². The molecule has 0 aliphatic carbocycles. The maximum Gasteiger partial charge on any atom is 0.257 e. The third-order valence-corrected chi connectivity index (χ3v) is 4.93. The second-order valence-corrected chi connectivity index (χ2v) is 7.18. The van der Waals surface area contributed by atoms with Crippen molar-refractivity contribution in [2.75, 3.05) is 44.7 Å². The van der Waals surface area contributed by atoms with Gasteiger partial charge in [0.1, 0.15) is 0 Å². The van der Waals surface area contributed by atoms with E-state index in [0.717, 1.165) is 50.5 Å². The third-order valence-electron chi connectivity index (χ3n) is 4.93. The van der Waals surface area contributed by atoms with Crippen LogP contribution in [0.2, 0.25) is 0 Å². The van der Waals surface area contributed by atoms with Gasteiger partial charge in [-0.05, 0) is 43.2 Å². The van der Waals surface area contributed by atoms with Crippen LogP contribution in [0, 0.1) is 6.92 Å². The van der Waals surface area contributed by atoms with Crippen molar-refractivity contribution < 1.29 is 9.53 Å². The molecule has 2 N–H and O–H groups in total. The van der Waals surface area contributed by atoms with Crippen molar-refractivity contribution in [3.8, 4) is 0 Å². The Morgan fingerprint density at radius 2 is 1.90 bits per heavy atom. The molecule has 2 aromatic carbocycles. The van der Waals surface area contributed by atoms with Gasteiger partial charge >= 0.3 is 0 Å². The fraction of sp³-hybridized carbons (Fsp3) is 0.391. The summed E-state index contributed by atoms with van der Waals surface area (Å²) in [7, 11) is 0. The van der Waals surface area contributed by atoms with Crippen molar-refractivity contribution in [1.29, 1.82) is 0 Å². The van der Waals surface area contributed by atoms with Gasteiger partial charge in [0.05, 0.1) is 19.8 Å². The van der Waals surface area contributed by atoms with E-state index >= 15 is 0 Å². The molecule has 1 saturated heterocycles. The van der Waals surface area contributed by atoms with E-state index in [2.05, 4.69) is 39.6 Å². The molecule has 29 heavy (non-hydrogen) atoms. The predicted molar refractivity (Wildman–Crippen MR) is 118 cm³/mol. The molecule has 3 rings (SSSR count). The molecule has 1 aliphatic heterocycles. The molecular weight excluding hydrogens is 364 g/mol. The molecule has 1 heterocycles. The summed E-state index contributed by atoms with van der Waals surface area (Å²) in [6, 6.07) is 15.7. The van der Waals surface area contributed by atoms with Crippen molar-refractivity contribution in [3.05, 3.63) is 65.2 Å². The molecule has 6 heteroatoms. The molecule has 1 fully saturated rings. The molecule has 0 saturated carbocycles. The highest BCUT2D eigenvalue weighted by atomic mass is 16.5. The highest BCUT2D eigenvalue weighted by Crippen LogP contribution is 2.10. The zero-order valence-electron chi connectivity index (χ0n) is 17.3. The van der Waals surface area contributed by atoms with Crippen molar-refractivity contribution in [2.24, 2.45) is 4.99 Å². The lowest BCUT2D eigenvalue weighted by Crippen LogP contribution is -2.39. The lowest BCUT2D eigenvalue weighted by molar-refractivity contribution is 0.0394. The number of nitrogens with one attached hydrogen (secondary N) is 2. The minimum atomic E-state index is -0.170. The number of aliphatic imine (C=N–C) groups is 1. The Morgan fingerprint density at radius 1 is 1.14 bits per heavy atom. The predicted octanol–water partition coefficient (Wildman–Crippen LogP) is 3.09. The lowest BCUT2D eigenvalue weighted by Gasteiger charge is -2.25. The topological polar surface area (TPSA) is 66.0 Å². The van der Waals surface area contributed by atoms with Crippen LogP contribution < -0.4 is 10.6 Å². The van der Waals surface area contributed by atoms with E-state index in [0.29, 0.717) is 18.1 Å². The van der Waals surface area contributed by atoms with Crippen LogP contribution in [0.4, 0.5) is 5.69 Å². The summed E-state index contributed by atoms with van der Waals surface area (Å²) in [6.45, 7) is 8.92. The maximum atomic E-state index is 12.7. The third kappa shape index (κ3) is 6.69. The first-order valence-electron chi connectivity index (χ1n) is 10.2. The number of benzene rings is 2. The smallest absolute Gasteiger partial charge is 0.257 e. The van der Waals surface area contributed by atoms with Gasteiger partial charge in [-0.25, -0.2) is 0 Å². The van der Waals surface area contributed by atoms with Gasteiger partial charge in [0.2, 0.25) is 5.96 Å². The first kappa shape index (κ1) is 21.0. The van der Waals surface area contributed by atoms with E-state index in [1.54, 1.807) is 0 Å². The average molecular weight is 395 g/mol. The van der Waals surface area contributed by atoms with Gasteiger partial charge in [-0.2, -0.15) is 0 Å². The van der Waals surface area contributed by atoms with E-state index in [4.69, 9.17) is 4.74 Å². The molecule has 0 radical (unpaired) electrons. The van der Waals surface area contributed by atoms with Gasteiger partial charge in [0.25, 0.3) is 5.91 Å². The van der Waals surface area contributed by atoms with Crippen LogP contribution in [0.15, 0.2) is 53.5 Å². The van der Waals surface area contributed by atoms with Crippen molar-refractivity contribution in [2.45, 2.75) is 20.3 Å². The van der Waals surface area contributed by atoms with Crippen molar-refractivity contribution in [1.82, 2.24) is 10.2 Å². The van der Waals surface area contributed by atoms with Crippen LogP contribution in [0.3, 0.4) is 0 Å². The van der Waals surface area contributed by atoms with E-state index in [1.807, 2.05) is 43.3 Å². The summed E-state index contributed by atoms with van der Waals surface area (Å²) < 4.78 is 5.39. The van der Waals surface area contributed by atoms with Crippen LogP contribution in [-0.4, -0.2) is 56.2 Å². The van der Waals surface area contributed by atoms with Gasteiger partial charge in [0, 0.05) is 30.9 Å². The number of hydrogen-bond acceptors (Lipinski definition) is 4. The Balaban J connectivity index is 1.68. The number of guanidine groups is 1. The summed E-state index contributed by atoms with van der Waals surface area (Å²) >= 11 is 0. The zero-order chi connectivity index (χ0) is 20.5. The fourth-order valence-corrected chi connectivity index (χ4v) is 3.16. The number of carbonyl (C=O) groups excluding carboxylic acids is 1. The van der Waals surface area contributed by atoms with Gasteiger partial charge in [-0.15, -0.1) is 0 Å². The highest BCUT2D eigenvalue weighted by molar-refractivity contribution is 6.10. The molecule has 154 valence electrons. The number of morpholine rings is 1. The summed E-state index contributed by atoms with van der Waals surface area (Å²) in [5.41, 5.74) is 3.84. The molecule has 1 amide bonds. The second-order valence-electron chi connectivity index (χ2n) is 7.18. The van der Waals surface area contributed by atoms with Gasteiger partial charge < -0.3 is 10.1 Å². The van der Waals surface area contributed by atoms with E-state index in [1.165, 1.54) is 5.56 Å². The molecule has 2 aromatic rings. The number of anilines is 1. The number of rotatable bonds is 6. The fourth-order valence-electron chi connectivity index (χ4n) is 3.16. The molecule has 6 nitrogen and oxygen atoms in total. The summed E-state index contributed by atoms with van der Waals surface area (Å²) in [5.74, 6) is 0.297. The monoisotopic (exact) mass is 394 g/mol. The summed E-state index contributed by atoms with van der Waals surface area (Å²) in [5, 5.41) is 6.19. The van der Waals surface area contributed by atoms with E-state index in [9.17, 15) is 4.79 Å². The Bertz CT molecular complexity index is 827. The SMILES string of the molecule is CCc1ccc(NC(=NCCN2CCOCC2)NC(=O)c2cccc(C)c2)cc1. The quantitative estimate of drug-likeness (QED) is 0.584. The van der Waals surface area contributed by atoms with Crippen LogP contribution in [0.5, 0.6) is 0 Å². The molecular formula is C23H30N4O2. The summed E-state index contributed by atoms with van der Waals surface area (Å²) in [6.07, 6.45) is 0.991. The van der Waals surface area contributed by atoms with E-state index in [-0.39, 0.29) is 5.91 Å². The first-order valence-corrected chi connectivity index (χ1v) is 10.2. The molecule has 0 bridgehead atoms. The van der Waals surface area contributed by atoms with E-state index < -0.39 is 0 Å². The summed E-state index contributed by atoms with van der Waals surface area (Å²) in [4.78, 5) is 19.7. The lowest BCUT2D eigenvalue weighted by atomic mass is 10.1. The van der Waals surface area contributed by atoms with Crippen LogP contribution in [-0.2, 0) is 11.2 Å². The average Bonchev–Trinajstić information content (AvgIpc) is 2.75. The minimum Gasteiger partial charge on any atom is -0.379 e. The Morgan fingerprint density at radius 3 is 2.59 bits per heavy atom. The van der Waals surface area contributed by atoms with Crippen LogP contribution in [0.1, 0.15) is 28.4 Å². The highest BCUT2D eigenvalue weighted by Gasteiger charge is 2.12. The number of carbonyl (C=O) groups is 1. The van der Waals surface area contributed by atoms with Gasteiger partial charge in [0.15, 0.2) is 0 Å². The minimum absolute atomic E-state index is 0.170. The van der Waals surface area contributed by atoms with Crippen molar-refractivity contribution in [3.63, 3.8) is 0 Å². The molecule has 0 aromatic heterocycles. The molecule has 0 unspecified atom stereocenters. The largest absolute Gasteiger partial charge is 0.379 e.